The molecule has 3 amide bonds. The topological polar surface area (TPSA) is 83.8 Å². The van der Waals surface area contributed by atoms with E-state index >= 15 is 0 Å². The molecule has 3 aromatic rings. The maximum Gasteiger partial charge on any atom is 0.325 e. The maximum absolute atomic E-state index is 13.4. The third-order valence-corrected chi connectivity index (χ3v) is 7.57. The van der Waals surface area contributed by atoms with Crippen LogP contribution in [0.25, 0.3) is 4.96 Å². The van der Waals surface area contributed by atoms with Crippen LogP contribution in [0.3, 0.4) is 0 Å². The third kappa shape index (κ3) is 3.16. The molecule has 9 heteroatoms. The minimum atomic E-state index is -1.15. The molecule has 0 saturated carbocycles. The van der Waals surface area contributed by atoms with Crippen molar-refractivity contribution in [3.05, 3.63) is 67.5 Å². The molecular formula is C22H21ClN4O3S. The molecular weight excluding hydrogens is 436 g/mol. The largest absolute Gasteiger partial charge is 0.325 e. The van der Waals surface area contributed by atoms with Crippen molar-refractivity contribution in [1.82, 2.24) is 19.6 Å². The number of carbonyl (C=O) groups excluding carboxylic acids is 2. The van der Waals surface area contributed by atoms with Crippen LogP contribution in [0.5, 0.6) is 0 Å². The van der Waals surface area contributed by atoms with Crippen LogP contribution in [0.15, 0.2) is 35.1 Å². The first-order chi connectivity index (χ1) is 14.9. The molecule has 5 rings (SSSR count). The Bertz CT molecular complexity index is 1270. The lowest BCUT2D eigenvalue weighted by molar-refractivity contribution is -0.132. The van der Waals surface area contributed by atoms with Gasteiger partial charge < -0.3 is 5.32 Å². The number of thiazole rings is 1. The molecule has 2 aliphatic rings. The summed E-state index contributed by atoms with van der Waals surface area (Å²) >= 11 is 7.51. The van der Waals surface area contributed by atoms with Gasteiger partial charge in [-0.15, -0.1) is 11.3 Å². The first-order valence-electron chi connectivity index (χ1n) is 10.4. The molecule has 7 nitrogen and oxygen atoms in total. The Hall–Kier alpha value is -2.71. The Balaban J connectivity index is 1.49. The van der Waals surface area contributed by atoms with Crippen molar-refractivity contribution in [3.63, 3.8) is 0 Å². The van der Waals surface area contributed by atoms with Gasteiger partial charge in [-0.3, -0.25) is 18.9 Å². The fourth-order valence-corrected chi connectivity index (χ4v) is 5.89. The Morgan fingerprint density at radius 3 is 2.65 bits per heavy atom. The number of hydrogen-bond acceptors (Lipinski definition) is 5. The van der Waals surface area contributed by atoms with Gasteiger partial charge in [0.2, 0.25) is 0 Å². The van der Waals surface area contributed by atoms with Crippen molar-refractivity contribution in [2.24, 2.45) is 0 Å². The Labute approximate surface area is 187 Å². The highest BCUT2D eigenvalue weighted by atomic mass is 35.5. The maximum atomic E-state index is 13.4. The van der Waals surface area contributed by atoms with Gasteiger partial charge in [-0.1, -0.05) is 30.7 Å². The molecule has 2 aromatic heterocycles. The molecule has 0 radical (unpaired) electrons. The number of urea groups is 1. The van der Waals surface area contributed by atoms with Gasteiger partial charge in [-0.25, -0.2) is 9.78 Å². The summed E-state index contributed by atoms with van der Waals surface area (Å²) in [6.45, 7) is 1.80. The molecule has 31 heavy (non-hydrogen) atoms. The van der Waals surface area contributed by atoms with Crippen LogP contribution in [0, 0.1) is 0 Å². The summed E-state index contributed by atoms with van der Waals surface area (Å²) in [5, 5.41) is 3.41. The molecule has 3 heterocycles. The Morgan fingerprint density at radius 1 is 1.16 bits per heavy atom. The van der Waals surface area contributed by atoms with Gasteiger partial charge in [0.05, 0.1) is 12.2 Å². The van der Waals surface area contributed by atoms with Gasteiger partial charge >= 0.3 is 6.03 Å². The van der Waals surface area contributed by atoms with Crippen molar-refractivity contribution < 1.29 is 9.59 Å². The van der Waals surface area contributed by atoms with Crippen LogP contribution in [0.2, 0.25) is 5.02 Å². The molecule has 1 unspecified atom stereocenters. The number of aryl methyl sites for hydroxylation is 2. The van der Waals surface area contributed by atoms with Gasteiger partial charge in [0, 0.05) is 21.7 Å². The lowest BCUT2D eigenvalue weighted by Crippen LogP contribution is -2.43. The van der Waals surface area contributed by atoms with Crippen molar-refractivity contribution in [2.45, 2.75) is 51.1 Å². The number of rotatable bonds is 4. The number of aromatic nitrogens is 2. The minimum Gasteiger partial charge on any atom is -0.319 e. The molecule has 1 aromatic carbocycles. The molecule has 1 atom stereocenters. The van der Waals surface area contributed by atoms with Crippen LogP contribution < -0.4 is 10.9 Å². The monoisotopic (exact) mass is 456 g/mol. The Kier molecular flexibility index (Phi) is 4.86. The van der Waals surface area contributed by atoms with Crippen LogP contribution in [0.4, 0.5) is 4.79 Å². The van der Waals surface area contributed by atoms with E-state index in [0.29, 0.717) is 27.7 Å². The number of fused-ring (bicyclic) bond motifs is 3. The molecule has 1 saturated heterocycles. The summed E-state index contributed by atoms with van der Waals surface area (Å²) in [7, 11) is 0. The standard InChI is InChI=1S/C22H21ClN4O3S/c1-2-22(13-7-9-14(23)10-8-13)19(29)26(20(30)25-22)12-15-11-18(28)27-16-5-3-4-6-17(16)31-21(27)24-15/h7-11H,2-6,12H2,1H3,(H,25,30). The van der Waals surface area contributed by atoms with Gasteiger partial charge in [0.15, 0.2) is 4.96 Å². The zero-order valence-corrected chi connectivity index (χ0v) is 18.6. The van der Waals surface area contributed by atoms with E-state index in [-0.39, 0.29) is 18.0 Å². The Morgan fingerprint density at radius 2 is 1.90 bits per heavy atom. The molecule has 0 bridgehead atoms. The third-order valence-electron chi connectivity index (χ3n) is 6.18. The number of halogens is 1. The van der Waals surface area contributed by atoms with E-state index < -0.39 is 11.6 Å². The lowest BCUT2D eigenvalue weighted by atomic mass is 9.87. The summed E-state index contributed by atoms with van der Waals surface area (Å²) in [4.78, 5) is 46.6. The van der Waals surface area contributed by atoms with E-state index in [2.05, 4.69) is 10.3 Å². The highest BCUT2D eigenvalue weighted by Gasteiger charge is 2.51. The van der Waals surface area contributed by atoms with E-state index in [1.165, 1.54) is 22.3 Å². The molecule has 1 N–H and O–H groups in total. The predicted molar refractivity (Wildman–Crippen MR) is 118 cm³/mol. The average molecular weight is 457 g/mol. The number of imide groups is 1. The number of amides is 3. The van der Waals surface area contributed by atoms with Crippen molar-refractivity contribution >= 4 is 39.8 Å². The molecule has 1 aliphatic heterocycles. The number of nitrogens with zero attached hydrogens (tertiary/aromatic N) is 3. The fraction of sp³-hybridized carbons (Fsp3) is 0.364. The van der Waals surface area contributed by atoms with Gasteiger partial charge in [-0.2, -0.15) is 0 Å². The summed E-state index contributed by atoms with van der Waals surface area (Å²) in [5.41, 5.74) is 0.830. The average Bonchev–Trinajstić information content (AvgIpc) is 3.25. The van der Waals surface area contributed by atoms with Crippen molar-refractivity contribution in [2.75, 3.05) is 0 Å². The zero-order valence-electron chi connectivity index (χ0n) is 17.0. The SMILES string of the molecule is CCC1(c2ccc(Cl)cc2)NC(=O)N(Cc2cc(=O)n3c4c(sc3n2)CCCC4)C1=O. The number of hydrogen-bond donors (Lipinski definition) is 1. The van der Waals surface area contributed by atoms with Gasteiger partial charge in [0.1, 0.15) is 5.54 Å². The van der Waals surface area contributed by atoms with Crippen LogP contribution in [-0.4, -0.2) is 26.2 Å². The smallest absolute Gasteiger partial charge is 0.319 e. The van der Waals surface area contributed by atoms with E-state index in [4.69, 9.17) is 11.6 Å². The quantitative estimate of drug-likeness (QED) is 0.607. The molecule has 160 valence electrons. The fourth-order valence-electron chi connectivity index (χ4n) is 4.53. The highest BCUT2D eigenvalue weighted by Crippen LogP contribution is 2.34. The van der Waals surface area contributed by atoms with Gasteiger partial charge in [0.25, 0.3) is 11.5 Å². The van der Waals surface area contributed by atoms with Crippen LogP contribution in [-0.2, 0) is 29.7 Å². The second-order valence-corrected chi connectivity index (χ2v) is 9.47. The highest BCUT2D eigenvalue weighted by molar-refractivity contribution is 7.17. The van der Waals surface area contributed by atoms with Gasteiger partial charge in [-0.05, 0) is 49.8 Å². The van der Waals surface area contributed by atoms with Crippen LogP contribution >= 0.6 is 22.9 Å². The zero-order chi connectivity index (χ0) is 21.8. The summed E-state index contributed by atoms with van der Waals surface area (Å²) in [5.74, 6) is -0.352. The second kappa shape index (κ2) is 7.46. The second-order valence-electron chi connectivity index (χ2n) is 7.97. The first kappa shape index (κ1) is 20.2. The lowest BCUT2D eigenvalue weighted by Gasteiger charge is -2.25. The molecule has 1 aliphatic carbocycles. The predicted octanol–water partition coefficient (Wildman–Crippen LogP) is 3.65. The van der Waals surface area contributed by atoms with Crippen molar-refractivity contribution in [3.8, 4) is 0 Å². The summed E-state index contributed by atoms with van der Waals surface area (Å²) < 4.78 is 1.68. The molecule has 0 spiro atoms. The minimum absolute atomic E-state index is 0.0473. The van der Waals surface area contributed by atoms with Crippen molar-refractivity contribution in [1.29, 1.82) is 0 Å². The number of nitrogens with one attached hydrogen (secondary N) is 1. The van der Waals surface area contributed by atoms with E-state index in [9.17, 15) is 14.4 Å². The van der Waals surface area contributed by atoms with Crippen LogP contribution in [0.1, 0.15) is 48.0 Å². The van der Waals surface area contributed by atoms with E-state index in [1.54, 1.807) is 28.7 Å². The van der Waals surface area contributed by atoms with E-state index in [1.807, 2.05) is 6.92 Å². The number of carbonyl (C=O) groups is 2. The number of benzene rings is 1. The summed E-state index contributed by atoms with van der Waals surface area (Å²) in [6.07, 6.45) is 4.42. The molecule has 1 fully saturated rings. The normalized spacial score (nSPS) is 20.9. The summed E-state index contributed by atoms with van der Waals surface area (Å²) in [6, 6.07) is 7.84. The van der Waals surface area contributed by atoms with E-state index in [0.717, 1.165) is 36.3 Å². The first-order valence-corrected chi connectivity index (χ1v) is 11.6.